The zero-order valence-electron chi connectivity index (χ0n) is 13.0. The molecule has 3 unspecified atom stereocenters. The lowest BCUT2D eigenvalue weighted by molar-refractivity contribution is -0.127. The first-order chi connectivity index (χ1) is 9.43. The molecule has 0 aliphatic rings. The van der Waals surface area contributed by atoms with Crippen molar-refractivity contribution in [2.75, 3.05) is 26.4 Å². The van der Waals surface area contributed by atoms with Gasteiger partial charge in [-0.25, -0.2) is 0 Å². The summed E-state index contributed by atoms with van der Waals surface area (Å²) in [6.45, 7) is 4.31. The smallest absolute Gasteiger partial charge is 0.0651 e. The van der Waals surface area contributed by atoms with Crippen LogP contribution >= 0.6 is 0 Å². The van der Waals surface area contributed by atoms with Gasteiger partial charge in [0.25, 0.3) is 0 Å². The van der Waals surface area contributed by atoms with Crippen molar-refractivity contribution < 1.29 is 25.5 Å². The average Bonchev–Trinajstić information content (AvgIpc) is 2.50. The van der Waals surface area contributed by atoms with E-state index >= 15 is 0 Å². The molecule has 5 heteroatoms. The van der Waals surface area contributed by atoms with E-state index in [1.807, 2.05) is 13.8 Å². The molecule has 0 spiro atoms. The summed E-state index contributed by atoms with van der Waals surface area (Å²) in [5.74, 6) is -0.522. The van der Waals surface area contributed by atoms with E-state index in [0.717, 1.165) is 12.8 Å². The highest BCUT2D eigenvalue weighted by atomic mass is 16.3. The Balaban J connectivity index is 5.27. The third kappa shape index (κ3) is 3.92. The van der Waals surface area contributed by atoms with Gasteiger partial charge in [0, 0.05) is 10.8 Å². The van der Waals surface area contributed by atoms with E-state index in [1.54, 1.807) is 6.92 Å². The molecule has 122 valence electrons. The highest BCUT2D eigenvalue weighted by Gasteiger charge is 2.46. The largest absolute Gasteiger partial charge is 0.396 e. The Morgan fingerprint density at radius 3 is 1.60 bits per heavy atom. The van der Waals surface area contributed by atoms with Crippen molar-refractivity contribution in [2.24, 2.45) is 16.7 Å². The van der Waals surface area contributed by atoms with Crippen LogP contribution in [0.3, 0.4) is 0 Å². The fraction of sp³-hybridized carbons (Fsp3) is 1.00. The molecular weight excluding hydrogens is 260 g/mol. The lowest BCUT2D eigenvalue weighted by atomic mass is 9.64. The zero-order chi connectivity index (χ0) is 15.8. The molecule has 0 amide bonds. The van der Waals surface area contributed by atoms with Gasteiger partial charge in [-0.1, -0.05) is 33.6 Å². The van der Waals surface area contributed by atoms with Gasteiger partial charge in [-0.2, -0.15) is 0 Å². The van der Waals surface area contributed by atoms with Crippen molar-refractivity contribution in [3.05, 3.63) is 0 Å². The molecule has 0 fully saturated rings. The van der Waals surface area contributed by atoms with E-state index in [2.05, 4.69) is 0 Å². The van der Waals surface area contributed by atoms with E-state index in [1.165, 1.54) is 0 Å². The van der Waals surface area contributed by atoms with Gasteiger partial charge in [0.15, 0.2) is 0 Å². The molecule has 0 bridgehead atoms. The maximum Gasteiger partial charge on any atom is 0.0651 e. The number of rotatable bonds is 11. The fourth-order valence-corrected chi connectivity index (χ4v) is 2.79. The summed E-state index contributed by atoms with van der Waals surface area (Å²) in [7, 11) is 0. The highest BCUT2D eigenvalue weighted by Crippen LogP contribution is 2.41. The zero-order valence-corrected chi connectivity index (χ0v) is 13.0. The highest BCUT2D eigenvalue weighted by molar-refractivity contribution is 4.95. The molecule has 5 nitrogen and oxygen atoms in total. The van der Waals surface area contributed by atoms with Crippen molar-refractivity contribution >= 4 is 0 Å². The van der Waals surface area contributed by atoms with E-state index in [9.17, 15) is 25.5 Å². The van der Waals surface area contributed by atoms with Crippen LogP contribution in [-0.2, 0) is 0 Å². The molecule has 0 heterocycles. The summed E-state index contributed by atoms with van der Waals surface area (Å²) in [6, 6.07) is 0. The van der Waals surface area contributed by atoms with Crippen LogP contribution in [0.5, 0.6) is 0 Å². The predicted molar refractivity (Wildman–Crippen MR) is 78.2 cm³/mol. The minimum Gasteiger partial charge on any atom is -0.396 e. The van der Waals surface area contributed by atoms with Crippen LogP contribution in [0, 0.1) is 16.7 Å². The van der Waals surface area contributed by atoms with E-state index in [4.69, 9.17) is 0 Å². The SMILES string of the molecule is CCCCC(CC)(CO)C(O)C(C)C(CO)(CO)CO. The molecule has 0 aliphatic heterocycles. The normalized spacial score (nSPS) is 18.6. The number of unbranched alkanes of at least 4 members (excludes halogenated alkanes) is 1. The number of hydrogen-bond acceptors (Lipinski definition) is 5. The number of aliphatic hydroxyl groups excluding tert-OH is 5. The monoisotopic (exact) mass is 292 g/mol. The first-order valence-electron chi connectivity index (χ1n) is 7.55. The first-order valence-corrected chi connectivity index (χ1v) is 7.55. The maximum atomic E-state index is 10.7. The average molecular weight is 292 g/mol. The van der Waals surface area contributed by atoms with Crippen molar-refractivity contribution in [1.82, 2.24) is 0 Å². The second-order valence-electron chi connectivity index (χ2n) is 6.05. The topological polar surface area (TPSA) is 101 Å². The number of aliphatic hydroxyl groups is 5. The standard InChI is InChI=1S/C15H32O5/c1-4-6-7-14(5-2,8-16)13(20)12(3)15(9-17,10-18)11-19/h12-13,16-20H,4-11H2,1-3H3. The molecule has 20 heavy (non-hydrogen) atoms. The summed E-state index contributed by atoms with van der Waals surface area (Å²) in [6.07, 6.45) is 2.25. The third-order valence-electron chi connectivity index (χ3n) is 5.06. The second-order valence-corrected chi connectivity index (χ2v) is 6.05. The maximum absolute atomic E-state index is 10.7. The third-order valence-corrected chi connectivity index (χ3v) is 5.06. The van der Waals surface area contributed by atoms with Crippen LogP contribution in [0.25, 0.3) is 0 Å². The number of hydrogen-bond donors (Lipinski definition) is 5. The van der Waals surface area contributed by atoms with E-state index in [0.29, 0.717) is 12.8 Å². The molecule has 0 rings (SSSR count). The van der Waals surface area contributed by atoms with Gasteiger partial charge < -0.3 is 25.5 Å². The Kier molecular flexibility index (Phi) is 8.86. The fourth-order valence-electron chi connectivity index (χ4n) is 2.79. The van der Waals surface area contributed by atoms with Gasteiger partial charge in [0.05, 0.1) is 32.5 Å². The van der Waals surface area contributed by atoms with Crippen LogP contribution in [0.2, 0.25) is 0 Å². The molecule has 0 saturated carbocycles. The summed E-state index contributed by atoms with van der Waals surface area (Å²) in [5.41, 5.74) is -1.79. The van der Waals surface area contributed by atoms with Gasteiger partial charge in [0.2, 0.25) is 0 Å². The Labute approximate surface area is 122 Å². The lowest BCUT2D eigenvalue weighted by Crippen LogP contribution is -2.52. The second kappa shape index (κ2) is 8.95. The van der Waals surface area contributed by atoms with Gasteiger partial charge in [-0.3, -0.25) is 0 Å². The molecule has 5 N–H and O–H groups in total. The van der Waals surface area contributed by atoms with Crippen molar-refractivity contribution in [2.45, 2.75) is 52.6 Å². The van der Waals surface area contributed by atoms with E-state index in [-0.39, 0.29) is 6.61 Å². The lowest BCUT2D eigenvalue weighted by Gasteiger charge is -2.45. The summed E-state index contributed by atoms with van der Waals surface area (Å²) in [4.78, 5) is 0. The van der Waals surface area contributed by atoms with Crippen molar-refractivity contribution in [1.29, 1.82) is 0 Å². The molecular formula is C15H32O5. The minimum atomic E-state index is -1.14. The molecule has 0 aromatic rings. The van der Waals surface area contributed by atoms with Crippen LogP contribution < -0.4 is 0 Å². The summed E-state index contributed by atoms with van der Waals surface area (Å²) >= 11 is 0. The quantitative estimate of drug-likeness (QED) is 0.382. The summed E-state index contributed by atoms with van der Waals surface area (Å²) < 4.78 is 0. The van der Waals surface area contributed by atoms with Gasteiger partial charge >= 0.3 is 0 Å². The molecule has 0 saturated heterocycles. The minimum absolute atomic E-state index is 0.145. The Morgan fingerprint density at radius 2 is 1.30 bits per heavy atom. The molecule has 0 aromatic heterocycles. The van der Waals surface area contributed by atoms with Crippen molar-refractivity contribution in [3.63, 3.8) is 0 Å². The molecule has 0 aliphatic carbocycles. The Hall–Kier alpha value is -0.200. The first kappa shape index (κ1) is 19.8. The van der Waals surface area contributed by atoms with Crippen LogP contribution in [0.4, 0.5) is 0 Å². The summed E-state index contributed by atoms with van der Waals surface area (Å²) in [5, 5.41) is 48.9. The predicted octanol–water partition coefficient (Wildman–Crippen LogP) is 0.526. The van der Waals surface area contributed by atoms with Gasteiger partial charge in [-0.05, 0) is 18.8 Å². The van der Waals surface area contributed by atoms with Gasteiger partial charge in [-0.15, -0.1) is 0 Å². The van der Waals surface area contributed by atoms with Crippen LogP contribution in [-0.4, -0.2) is 58.1 Å². The molecule has 3 atom stereocenters. The van der Waals surface area contributed by atoms with Crippen LogP contribution in [0.15, 0.2) is 0 Å². The van der Waals surface area contributed by atoms with E-state index < -0.39 is 42.7 Å². The van der Waals surface area contributed by atoms with Crippen LogP contribution in [0.1, 0.15) is 46.5 Å². The molecule has 0 aromatic carbocycles. The molecule has 0 radical (unpaired) electrons. The Morgan fingerprint density at radius 1 is 0.850 bits per heavy atom. The Bertz CT molecular complexity index is 240. The van der Waals surface area contributed by atoms with Crippen molar-refractivity contribution in [3.8, 4) is 0 Å². The van der Waals surface area contributed by atoms with Gasteiger partial charge in [0.1, 0.15) is 0 Å².